The zero-order chi connectivity index (χ0) is 14.9. The van der Waals surface area contributed by atoms with Crippen LogP contribution in [0.25, 0.3) is 0 Å². The van der Waals surface area contributed by atoms with Gasteiger partial charge in [0, 0.05) is 5.97 Å². The topological polar surface area (TPSA) is 40.1 Å². The fourth-order valence-electron chi connectivity index (χ4n) is 2.64. The maximum atomic E-state index is 10.2. The molecule has 0 aliphatic heterocycles. The minimum Gasteiger partial charge on any atom is -0.550 e. The zero-order valence-corrected chi connectivity index (χ0v) is 14.9. The number of hydrogen-bond donors (Lipinski definition) is 0. The molecule has 0 N–H and O–H groups in total. The van der Waals surface area contributed by atoms with E-state index in [4.69, 9.17) is 0 Å². The molecule has 0 aromatic rings. The second kappa shape index (κ2) is 20.0. The Morgan fingerprint density at radius 2 is 0.905 bits per heavy atom. The average Bonchev–Trinajstić information content (AvgIpc) is 2.43. The molecule has 0 atom stereocenters. The first-order chi connectivity index (χ1) is 9.77. The van der Waals surface area contributed by atoms with Gasteiger partial charge in [0.05, 0.1) is 0 Å². The smallest absolute Gasteiger partial charge is 0.550 e. The van der Waals surface area contributed by atoms with Gasteiger partial charge < -0.3 is 9.90 Å². The Morgan fingerprint density at radius 3 is 1.19 bits per heavy atom. The summed E-state index contributed by atoms with van der Waals surface area (Å²) in [4.78, 5) is 10.2. The van der Waals surface area contributed by atoms with Crippen molar-refractivity contribution in [2.24, 2.45) is 0 Å². The van der Waals surface area contributed by atoms with Crippen LogP contribution in [0.2, 0.25) is 0 Å². The summed E-state index contributed by atoms with van der Waals surface area (Å²) in [5.41, 5.74) is 0. The number of carbonyl (C=O) groups excluding carboxylic acids is 1. The summed E-state index contributed by atoms with van der Waals surface area (Å²) in [7, 11) is 0. The van der Waals surface area contributed by atoms with E-state index in [-0.39, 0.29) is 22.9 Å². The Hall–Kier alpha value is -0.0365. The Kier molecular flexibility index (Phi) is 22.1. The van der Waals surface area contributed by atoms with E-state index in [9.17, 15) is 9.90 Å². The molecule has 0 saturated carbocycles. The van der Waals surface area contributed by atoms with Gasteiger partial charge in [-0.25, -0.2) is 0 Å². The van der Waals surface area contributed by atoms with Crippen molar-refractivity contribution in [3.05, 3.63) is 0 Å². The van der Waals surface area contributed by atoms with Crippen LogP contribution in [0.4, 0.5) is 0 Å². The van der Waals surface area contributed by atoms with Crippen LogP contribution in [-0.2, 0) is 21.3 Å². The molecule has 0 spiro atoms. The molecular weight excluding hydrogens is 307 g/mol. The molecule has 0 aromatic heterocycles. The summed E-state index contributed by atoms with van der Waals surface area (Å²) >= 11 is 0. The summed E-state index contributed by atoms with van der Waals surface area (Å²) in [5.74, 6) is -0.903. The number of carbonyl (C=O) groups is 1. The van der Waals surface area contributed by atoms with Crippen molar-refractivity contribution >= 4 is 5.97 Å². The summed E-state index contributed by atoms with van der Waals surface area (Å²) in [6.45, 7) is 2.27. The molecule has 0 aliphatic rings. The van der Waals surface area contributed by atoms with Crippen LogP contribution in [0.1, 0.15) is 110 Å². The van der Waals surface area contributed by atoms with Crippen molar-refractivity contribution in [1.82, 2.24) is 0 Å². The van der Waals surface area contributed by atoms with E-state index in [1.807, 2.05) is 0 Å². The van der Waals surface area contributed by atoms with E-state index in [0.29, 0.717) is 0 Å². The number of rotatable bonds is 16. The quantitative estimate of drug-likeness (QED) is 0.293. The first kappa shape index (κ1) is 23.2. The van der Waals surface area contributed by atoms with Gasteiger partial charge in [-0.2, -0.15) is 0 Å². The first-order valence-corrected chi connectivity index (χ1v) is 8.97. The number of aliphatic carboxylic acids is 1. The maximum absolute atomic E-state index is 10.2. The maximum Gasteiger partial charge on any atom is 2.00 e. The van der Waals surface area contributed by atoms with E-state index in [2.05, 4.69) is 6.92 Å². The van der Waals surface area contributed by atoms with Gasteiger partial charge in [0.15, 0.2) is 0 Å². The van der Waals surface area contributed by atoms with E-state index < -0.39 is 5.97 Å². The van der Waals surface area contributed by atoms with Gasteiger partial charge in [-0.15, -0.1) is 0 Å². The predicted molar refractivity (Wildman–Crippen MR) is 84.6 cm³/mol. The van der Waals surface area contributed by atoms with Crippen LogP contribution >= 0.6 is 0 Å². The molecule has 0 bridgehead atoms. The largest absolute Gasteiger partial charge is 2.00 e. The van der Waals surface area contributed by atoms with Crippen LogP contribution in [0.3, 0.4) is 0 Å². The summed E-state index contributed by atoms with van der Waals surface area (Å²) in [5, 5.41) is 10.2. The molecule has 21 heavy (non-hydrogen) atoms. The molecule has 0 unspecified atom stereocenters. The van der Waals surface area contributed by atoms with Crippen molar-refractivity contribution in [1.29, 1.82) is 0 Å². The molecule has 0 radical (unpaired) electrons. The van der Waals surface area contributed by atoms with Gasteiger partial charge in [0.2, 0.25) is 0 Å². The van der Waals surface area contributed by atoms with Crippen LogP contribution < -0.4 is 5.11 Å². The predicted octanol–water partition coefficient (Wildman–Crippen LogP) is 5.00. The van der Waals surface area contributed by atoms with Crippen LogP contribution in [-0.4, -0.2) is 5.97 Å². The molecule has 0 fully saturated rings. The third kappa shape index (κ3) is 22.4. The zero-order valence-electron chi connectivity index (χ0n) is 13.9. The molecule has 0 aromatic carbocycles. The molecule has 0 rings (SSSR count). The second-order valence-electron chi connectivity index (χ2n) is 6.07. The van der Waals surface area contributed by atoms with Gasteiger partial charge in [0.25, 0.3) is 0 Å². The monoisotopic (exact) mass is 341 g/mol. The molecule has 0 saturated heterocycles. The van der Waals surface area contributed by atoms with E-state index in [1.54, 1.807) is 0 Å². The number of unbranched alkanes of at least 4 members (excludes halogenated alkanes) is 14. The molecular formula is C18H35NiO2+. The van der Waals surface area contributed by atoms with Crippen LogP contribution in [0.5, 0.6) is 0 Å². The third-order valence-corrected chi connectivity index (χ3v) is 3.98. The van der Waals surface area contributed by atoms with Crippen molar-refractivity contribution in [3.8, 4) is 0 Å². The Morgan fingerprint density at radius 1 is 0.619 bits per heavy atom. The molecule has 0 aliphatic carbocycles. The van der Waals surface area contributed by atoms with Gasteiger partial charge in [0.1, 0.15) is 0 Å². The van der Waals surface area contributed by atoms with Crippen molar-refractivity contribution in [3.63, 3.8) is 0 Å². The SMILES string of the molecule is CCCCCCCCCCCCCCCCCC(=O)[O-].[Ni+2]. The van der Waals surface area contributed by atoms with Crippen molar-refractivity contribution < 1.29 is 26.4 Å². The molecule has 3 heteroatoms. The number of carboxylic acids is 1. The number of hydrogen-bond acceptors (Lipinski definition) is 2. The normalized spacial score (nSPS) is 10.3. The van der Waals surface area contributed by atoms with Gasteiger partial charge in [-0.1, -0.05) is 96.8 Å². The third-order valence-electron chi connectivity index (χ3n) is 3.98. The standard InChI is InChI=1S/C18H36O2.Ni/c1-2-3-4-5-6-7-8-9-10-11-12-13-14-15-16-17-18(19)20;/h2-17H2,1H3,(H,19,20);/q;+2/p-1. The fourth-order valence-corrected chi connectivity index (χ4v) is 2.64. The van der Waals surface area contributed by atoms with Crippen molar-refractivity contribution in [2.45, 2.75) is 110 Å². The summed E-state index contributed by atoms with van der Waals surface area (Å²) in [6, 6.07) is 0. The summed E-state index contributed by atoms with van der Waals surface area (Å²) < 4.78 is 0. The molecule has 2 nitrogen and oxygen atoms in total. The van der Waals surface area contributed by atoms with E-state index in [0.717, 1.165) is 12.8 Å². The Balaban J connectivity index is 0. The minimum absolute atomic E-state index is 0. The van der Waals surface area contributed by atoms with E-state index >= 15 is 0 Å². The minimum atomic E-state index is -0.903. The molecule has 0 amide bonds. The average molecular weight is 342 g/mol. The Labute approximate surface area is 142 Å². The fraction of sp³-hybridized carbons (Fsp3) is 0.944. The Bertz CT molecular complexity index is 207. The van der Waals surface area contributed by atoms with Gasteiger partial charge in [-0.05, 0) is 12.8 Å². The first-order valence-electron chi connectivity index (χ1n) is 8.97. The van der Waals surface area contributed by atoms with Crippen molar-refractivity contribution in [2.75, 3.05) is 0 Å². The van der Waals surface area contributed by atoms with Crippen LogP contribution in [0.15, 0.2) is 0 Å². The van der Waals surface area contributed by atoms with Crippen LogP contribution in [0, 0.1) is 0 Å². The second-order valence-corrected chi connectivity index (χ2v) is 6.07. The molecule has 0 heterocycles. The molecule has 128 valence electrons. The van der Waals surface area contributed by atoms with Gasteiger partial charge in [-0.3, -0.25) is 0 Å². The van der Waals surface area contributed by atoms with Gasteiger partial charge >= 0.3 is 16.5 Å². The number of carboxylic acid groups (broad SMARTS) is 1. The summed E-state index contributed by atoms with van der Waals surface area (Å²) in [6.07, 6.45) is 19.9. The van der Waals surface area contributed by atoms with E-state index in [1.165, 1.54) is 83.5 Å².